The van der Waals surface area contributed by atoms with Crippen molar-refractivity contribution in [3.05, 3.63) is 192 Å². The molecule has 0 fully saturated rings. The number of nitrogens with one attached hydrogen (secondary N) is 2. The molecule has 4 N–H and O–H groups in total. The van der Waals surface area contributed by atoms with Crippen LogP contribution < -0.4 is 19.8 Å². The Morgan fingerprint density at radius 1 is 0.485 bits per heavy atom. The molecule has 0 aliphatic heterocycles. The van der Waals surface area contributed by atoms with Crippen LogP contribution in [0.3, 0.4) is 0 Å². The number of aryl methyl sites for hydroxylation is 4. The number of hydrogen-bond donors (Lipinski definition) is 4. The fourth-order valence-electron chi connectivity index (χ4n) is 7.22. The van der Waals surface area contributed by atoms with E-state index in [1.54, 1.807) is 24.3 Å². The van der Waals surface area contributed by atoms with Crippen molar-refractivity contribution in [3.8, 4) is 11.1 Å². The zero-order valence-corrected chi connectivity index (χ0v) is 40.1. The van der Waals surface area contributed by atoms with Crippen molar-refractivity contribution in [1.82, 2.24) is 0 Å². The Bertz CT molecular complexity index is 3010. The van der Waals surface area contributed by atoms with Gasteiger partial charge in [0.2, 0.25) is 11.0 Å². The highest BCUT2D eigenvalue weighted by Gasteiger charge is 2.14. The molecule has 8 aromatic rings. The van der Waals surface area contributed by atoms with E-state index >= 15 is 0 Å². The van der Waals surface area contributed by atoms with Gasteiger partial charge in [-0.15, -0.1) is 0 Å². The van der Waals surface area contributed by atoms with Crippen LogP contribution in [0.2, 0.25) is 0 Å². The van der Waals surface area contributed by atoms with Crippen LogP contribution in [0, 0.1) is 13.8 Å². The zero-order chi connectivity index (χ0) is 48.8. The van der Waals surface area contributed by atoms with Crippen LogP contribution in [0.1, 0.15) is 71.4 Å². The maximum atomic E-state index is 13.0. The SMILES string of the molecule is CCCC[n+]1cccc2cc(NC(=O)c3ccc(-c4ccc(C(=O)Nc5ccc6c(ccc[n+]6CCCC)c5)cc4)cc3)ccc21.Cc1ccc(S(=O)(=O)O)cc1.Cc1ccc(S(=O)(=O)O)cc1. The molecule has 68 heavy (non-hydrogen) atoms. The lowest BCUT2D eigenvalue weighted by Gasteiger charge is -2.09. The summed E-state index contributed by atoms with van der Waals surface area (Å²) < 4.78 is 63.6. The van der Waals surface area contributed by atoms with E-state index in [9.17, 15) is 26.4 Å². The van der Waals surface area contributed by atoms with Crippen molar-refractivity contribution >= 4 is 65.2 Å². The molecule has 2 heterocycles. The van der Waals surface area contributed by atoms with E-state index in [1.165, 1.54) is 24.3 Å². The molecular formula is C54H56N4O8S2+2. The van der Waals surface area contributed by atoms with Gasteiger partial charge in [-0.05, 0) is 110 Å². The molecule has 14 heteroatoms. The van der Waals surface area contributed by atoms with Gasteiger partial charge in [0.1, 0.15) is 13.1 Å². The third-order valence-corrected chi connectivity index (χ3v) is 12.8. The highest BCUT2D eigenvalue weighted by Crippen LogP contribution is 2.24. The Labute approximate surface area is 398 Å². The van der Waals surface area contributed by atoms with E-state index in [4.69, 9.17) is 9.11 Å². The first-order valence-corrected chi connectivity index (χ1v) is 25.2. The number of benzene rings is 6. The normalized spacial score (nSPS) is 11.2. The van der Waals surface area contributed by atoms with Crippen LogP contribution in [0.4, 0.5) is 11.4 Å². The standard InChI is InChI=1S/C40H38N4O2.2C7H8O3S/c1-3-5-23-43-25-7-9-33-27-35(19-21-37(33)43)41-39(45)31-15-11-29(12-16-31)30-13-17-32(18-14-30)40(46)42-36-20-22-38-34(28-36)10-8-26-44(38)24-6-4-2;2*1-6-2-4-7(5-3-6)11(8,9)10/h7-22,25-28H,3-6,23-24H2,1-2H3;2*2-5H,1H3,(H,8,9,10)/p+2. The molecule has 2 amide bonds. The zero-order valence-electron chi connectivity index (χ0n) is 38.5. The Balaban J connectivity index is 0.000000282. The molecule has 0 radical (unpaired) electrons. The largest absolute Gasteiger partial charge is 0.322 e. The maximum Gasteiger partial charge on any atom is 0.294 e. The van der Waals surface area contributed by atoms with E-state index in [0.29, 0.717) is 11.1 Å². The van der Waals surface area contributed by atoms with Gasteiger partial charge < -0.3 is 10.6 Å². The fourth-order valence-corrected chi connectivity index (χ4v) is 8.18. The molecule has 0 aliphatic carbocycles. The summed E-state index contributed by atoms with van der Waals surface area (Å²) in [7, 11) is -8.04. The fraction of sp³-hybridized carbons (Fsp3) is 0.185. The van der Waals surface area contributed by atoms with Crippen LogP contribution >= 0.6 is 0 Å². The lowest BCUT2D eigenvalue weighted by molar-refractivity contribution is -0.672. The number of aromatic nitrogens is 2. The smallest absolute Gasteiger partial charge is 0.294 e. The van der Waals surface area contributed by atoms with E-state index in [1.807, 2.05) is 86.6 Å². The average Bonchev–Trinajstić information content (AvgIpc) is 3.32. The molecular weight excluding hydrogens is 897 g/mol. The van der Waals surface area contributed by atoms with E-state index in [-0.39, 0.29) is 21.6 Å². The van der Waals surface area contributed by atoms with Gasteiger partial charge in [-0.2, -0.15) is 26.0 Å². The highest BCUT2D eigenvalue weighted by molar-refractivity contribution is 7.86. The van der Waals surface area contributed by atoms with Gasteiger partial charge in [0.05, 0.1) is 9.79 Å². The van der Waals surface area contributed by atoms with E-state index in [0.717, 1.165) is 94.2 Å². The molecule has 0 aliphatic rings. The molecule has 2 aromatic heterocycles. The van der Waals surface area contributed by atoms with Crippen molar-refractivity contribution in [2.75, 3.05) is 10.6 Å². The molecule has 350 valence electrons. The van der Waals surface area contributed by atoms with Crippen molar-refractivity contribution in [2.24, 2.45) is 0 Å². The maximum absolute atomic E-state index is 13.0. The second-order valence-corrected chi connectivity index (χ2v) is 19.1. The Morgan fingerprint density at radius 3 is 1.16 bits per heavy atom. The van der Waals surface area contributed by atoms with Crippen molar-refractivity contribution in [2.45, 2.75) is 76.3 Å². The summed E-state index contributed by atoms with van der Waals surface area (Å²) in [5.41, 5.74) is 8.86. The molecule has 8 rings (SSSR count). The van der Waals surface area contributed by atoms with Gasteiger partial charge in [0, 0.05) is 70.4 Å². The molecule has 6 aromatic carbocycles. The lowest BCUT2D eigenvalue weighted by Crippen LogP contribution is -2.33. The van der Waals surface area contributed by atoms with Crippen LogP contribution in [0.15, 0.2) is 180 Å². The molecule has 0 atom stereocenters. The number of carbonyl (C=O) groups excluding carboxylic acids is 2. The van der Waals surface area contributed by atoms with Crippen LogP contribution in [0.25, 0.3) is 32.9 Å². The number of hydrogen-bond acceptors (Lipinski definition) is 6. The quantitative estimate of drug-likeness (QED) is 0.0652. The first-order valence-electron chi connectivity index (χ1n) is 22.3. The van der Waals surface area contributed by atoms with Gasteiger partial charge in [-0.25, -0.2) is 0 Å². The number of pyridine rings is 2. The molecule has 0 spiro atoms. The van der Waals surface area contributed by atoms with Gasteiger partial charge in [0.25, 0.3) is 32.1 Å². The highest BCUT2D eigenvalue weighted by atomic mass is 32.2. The Kier molecular flexibility index (Phi) is 17.1. The lowest BCUT2D eigenvalue weighted by atomic mass is 10.0. The molecule has 0 saturated heterocycles. The first-order chi connectivity index (χ1) is 32.5. The van der Waals surface area contributed by atoms with Gasteiger partial charge in [-0.3, -0.25) is 18.7 Å². The molecule has 0 saturated carbocycles. The van der Waals surface area contributed by atoms with Crippen LogP contribution in [-0.2, 0) is 33.3 Å². The summed E-state index contributed by atoms with van der Waals surface area (Å²) in [6.45, 7) is 10.0. The number of rotatable bonds is 13. The Morgan fingerprint density at radius 2 is 0.838 bits per heavy atom. The van der Waals surface area contributed by atoms with E-state index in [2.05, 4.69) is 82.4 Å². The minimum Gasteiger partial charge on any atom is -0.322 e. The summed E-state index contributed by atoms with van der Waals surface area (Å²) in [5.74, 6) is -0.311. The van der Waals surface area contributed by atoms with Crippen LogP contribution in [-0.4, -0.2) is 37.8 Å². The Hall–Kier alpha value is -7.10. The van der Waals surface area contributed by atoms with Crippen LogP contribution in [0.5, 0.6) is 0 Å². The van der Waals surface area contributed by atoms with Crippen molar-refractivity contribution in [3.63, 3.8) is 0 Å². The first kappa shape index (κ1) is 50.3. The van der Waals surface area contributed by atoms with Gasteiger partial charge in [-0.1, -0.05) is 86.3 Å². The predicted octanol–water partition coefficient (Wildman–Crippen LogP) is 10.8. The summed E-state index contributed by atoms with van der Waals surface area (Å²) in [6.07, 6.45) is 8.76. The summed E-state index contributed by atoms with van der Waals surface area (Å²) in [4.78, 5) is 26.0. The summed E-state index contributed by atoms with van der Waals surface area (Å²) in [6, 6.07) is 47.4. The minimum absolute atomic E-state index is 0.0666. The molecule has 12 nitrogen and oxygen atoms in total. The molecule has 0 unspecified atom stereocenters. The average molecular weight is 953 g/mol. The molecule has 0 bridgehead atoms. The number of anilines is 2. The second kappa shape index (κ2) is 23.1. The van der Waals surface area contributed by atoms with Crippen molar-refractivity contribution in [1.29, 1.82) is 0 Å². The minimum atomic E-state index is -4.02. The number of nitrogens with zero attached hydrogens (tertiary/aromatic N) is 2. The number of fused-ring (bicyclic) bond motifs is 2. The van der Waals surface area contributed by atoms with Crippen molar-refractivity contribution < 1.29 is 44.7 Å². The van der Waals surface area contributed by atoms with Gasteiger partial charge in [0.15, 0.2) is 12.4 Å². The summed E-state index contributed by atoms with van der Waals surface area (Å²) in [5, 5.41) is 8.27. The second-order valence-electron chi connectivity index (χ2n) is 16.3. The number of carbonyl (C=O) groups is 2. The summed E-state index contributed by atoms with van der Waals surface area (Å²) >= 11 is 0. The predicted molar refractivity (Wildman–Crippen MR) is 268 cm³/mol. The third-order valence-electron chi connectivity index (χ3n) is 11.0. The topological polar surface area (TPSA) is 175 Å². The number of amides is 2. The monoisotopic (exact) mass is 952 g/mol. The number of unbranched alkanes of at least 4 members (excludes halogenated alkanes) is 2. The van der Waals surface area contributed by atoms with Gasteiger partial charge >= 0.3 is 0 Å². The van der Waals surface area contributed by atoms with E-state index < -0.39 is 20.2 Å². The third kappa shape index (κ3) is 14.0.